The highest BCUT2D eigenvalue weighted by molar-refractivity contribution is 5.87. The highest BCUT2D eigenvalue weighted by atomic mass is 16.2. The normalized spacial score (nSPS) is 23.9. The van der Waals surface area contributed by atoms with Crippen LogP contribution >= 0.6 is 0 Å². The van der Waals surface area contributed by atoms with Crippen molar-refractivity contribution in [3.05, 3.63) is 34.7 Å². The Bertz CT molecular complexity index is 1090. The fourth-order valence-corrected chi connectivity index (χ4v) is 5.30. The van der Waals surface area contributed by atoms with Gasteiger partial charge in [-0.1, -0.05) is 32.9 Å². The molecule has 0 bridgehead atoms. The third kappa shape index (κ3) is 3.67. The Balaban J connectivity index is 1.29. The highest BCUT2D eigenvalue weighted by Gasteiger charge is 2.32. The quantitative estimate of drug-likeness (QED) is 0.774. The molecule has 0 saturated carbocycles. The standard InChI is InChI=1S/C25H33N5O2/c1-15-8-10-30(24(15)32)14-22(31)29(4)17-6-5-16-11-20(26-19(16)12-17)23-18-7-9-25(2,3)13-21(18)27-28-23/h5-6,11,15,17,26H,7-10,12-14H2,1-4H3,(H,27,28). The van der Waals surface area contributed by atoms with Crippen LogP contribution in [-0.2, 0) is 28.9 Å². The molecule has 0 aromatic carbocycles. The van der Waals surface area contributed by atoms with E-state index in [0.29, 0.717) is 12.0 Å². The minimum atomic E-state index is -0.0227. The van der Waals surface area contributed by atoms with Gasteiger partial charge in [-0.25, -0.2) is 0 Å². The summed E-state index contributed by atoms with van der Waals surface area (Å²) in [5.41, 5.74) is 7.27. The summed E-state index contributed by atoms with van der Waals surface area (Å²) in [6.07, 6.45) is 9.00. The van der Waals surface area contributed by atoms with Gasteiger partial charge in [-0.3, -0.25) is 14.7 Å². The first-order valence-corrected chi connectivity index (χ1v) is 11.7. The zero-order valence-corrected chi connectivity index (χ0v) is 19.5. The molecule has 7 nitrogen and oxygen atoms in total. The molecule has 1 fully saturated rings. The average molecular weight is 436 g/mol. The fraction of sp³-hybridized carbons (Fsp3) is 0.560. The molecular formula is C25H33N5O2. The van der Waals surface area contributed by atoms with Crippen LogP contribution in [0.3, 0.4) is 0 Å². The number of likely N-dealkylation sites (N-methyl/N-ethyl adjacent to an activating group) is 1. The van der Waals surface area contributed by atoms with Crippen LogP contribution in [0.2, 0.25) is 0 Å². The van der Waals surface area contributed by atoms with Gasteiger partial charge in [0.25, 0.3) is 0 Å². The van der Waals surface area contributed by atoms with Gasteiger partial charge in [0, 0.05) is 42.9 Å². The van der Waals surface area contributed by atoms with Crippen molar-refractivity contribution >= 4 is 17.9 Å². The van der Waals surface area contributed by atoms with E-state index in [1.165, 1.54) is 17.7 Å². The highest BCUT2D eigenvalue weighted by Crippen LogP contribution is 2.38. The summed E-state index contributed by atoms with van der Waals surface area (Å²) in [6.45, 7) is 7.40. The topological polar surface area (TPSA) is 85.1 Å². The molecule has 2 atom stereocenters. The summed E-state index contributed by atoms with van der Waals surface area (Å²) >= 11 is 0. The minimum Gasteiger partial charge on any atom is -0.356 e. The number of hydrogen-bond donors (Lipinski definition) is 2. The molecule has 5 rings (SSSR count). The fourth-order valence-electron chi connectivity index (χ4n) is 5.30. The average Bonchev–Trinajstić information content (AvgIpc) is 3.44. The Morgan fingerprint density at radius 1 is 1.34 bits per heavy atom. The Kier molecular flexibility index (Phi) is 5.02. The largest absolute Gasteiger partial charge is 0.356 e. The third-order valence-electron chi connectivity index (χ3n) is 7.54. The molecule has 2 N–H and O–H groups in total. The first-order valence-electron chi connectivity index (χ1n) is 11.7. The van der Waals surface area contributed by atoms with Crippen molar-refractivity contribution in [2.24, 2.45) is 11.3 Å². The van der Waals surface area contributed by atoms with Crippen molar-refractivity contribution in [1.82, 2.24) is 25.0 Å². The second kappa shape index (κ2) is 7.64. The van der Waals surface area contributed by atoms with Crippen molar-refractivity contribution in [2.75, 3.05) is 20.1 Å². The number of hydrogen-bond acceptors (Lipinski definition) is 3. The van der Waals surface area contributed by atoms with Gasteiger partial charge in [-0.05, 0) is 42.7 Å². The zero-order chi connectivity index (χ0) is 22.6. The number of fused-ring (bicyclic) bond motifs is 2. The number of carbonyl (C=O) groups excluding carboxylic acids is 2. The van der Waals surface area contributed by atoms with Gasteiger partial charge in [0.1, 0.15) is 5.69 Å². The lowest BCUT2D eigenvalue weighted by molar-refractivity contribution is -0.139. The maximum absolute atomic E-state index is 12.8. The third-order valence-corrected chi connectivity index (χ3v) is 7.54. The molecule has 2 unspecified atom stereocenters. The number of carbonyl (C=O) groups is 2. The molecule has 2 aromatic rings. The number of nitrogens with zero attached hydrogens (tertiary/aromatic N) is 3. The van der Waals surface area contributed by atoms with Gasteiger partial charge in [0.15, 0.2) is 0 Å². The molecule has 3 heterocycles. The first kappa shape index (κ1) is 21.0. The van der Waals surface area contributed by atoms with Crippen LogP contribution in [0.25, 0.3) is 17.5 Å². The molecule has 3 aliphatic rings. The Labute approximate surface area is 189 Å². The molecular weight excluding hydrogens is 402 g/mol. The monoisotopic (exact) mass is 435 g/mol. The summed E-state index contributed by atoms with van der Waals surface area (Å²) in [5.74, 6) is 0.107. The molecule has 1 saturated heterocycles. The van der Waals surface area contributed by atoms with E-state index >= 15 is 0 Å². The van der Waals surface area contributed by atoms with Crippen LogP contribution in [0.1, 0.15) is 56.1 Å². The van der Waals surface area contributed by atoms with E-state index in [1.54, 1.807) is 9.80 Å². The molecule has 0 radical (unpaired) electrons. The van der Waals surface area contributed by atoms with Gasteiger partial charge in [-0.2, -0.15) is 5.10 Å². The summed E-state index contributed by atoms with van der Waals surface area (Å²) in [7, 11) is 1.84. The molecule has 7 heteroatoms. The molecule has 1 aliphatic heterocycles. The van der Waals surface area contributed by atoms with Gasteiger partial charge in [0.2, 0.25) is 11.8 Å². The summed E-state index contributed by atoms with van der Waals surface area (Å²) < 4.78 is 0. The number of rotatable bonds is 4. The SMILES string of the molecule is CC1CCN(CC(=O)N(C)C2C=Cc3cc(-c4n[nH]c5c4CCC(C)(C)C5)[nH]c3C2)C1=O. The van der Waals surface area contributed by atoms with E-state index in [1.807, 2.05) is 14.0 Å². The van der Waals surface area contributed by atoms with Gasteiger partial charge < -0.3 is 14.8 Å². The lowest BCUT2D eigenvalue weighted by Gasteiger charge is -2.29. The van der Waals surface area contributed by atoms with Crippen LogP contribution in [0, 0.1) is 11.3 Å². The lowest BCUT2D eigenvalue weighted by atomic mass is 9.76. The van der Waals surface area contributed by atoms with E-state index in [0.717, 1.165) is 48.3 Å². The molecule has 0 spiro atoms. The predicted octanol–water partition coefficient (Wildman–Crippen LogP) is 3.18. The molecule has 2 aromatic heterocycles. The second-order valence-electron chi connectivity index (χ2n) is 10.6. The zero-order valence-electron chi connectivity index (χ0n) is 19.5. The number of likely N-dealkylation sites (tertiary alicyclic amines) is 1. The van der Waals surface area contributed by atoms with E-state index in [4.69, 9.17) is 0 Å². The molecule has 170 valence electrons. The Morgan fingerprint density at radius 3 is 2.91 bits per heavy atom. The lowest BCUT2D eigenvalue weighted by Crippen LogP contribution is -2.44. The van der Waals surface area contributed by atoms with Crippen molar-refractivity contribution in [3.63, 3.8) is 0 Å². The first-order chi connectivity index (χ1) is 15.2. The minimum absolute atomic E-state index is 0.0127. The van der Waals surface area contributed by atoms with Crippen LogP contribution in [0.4, 0.5) is 0 Å². The molecule has 2 aliphatic carbocycles. The Hall–Kier alpha value is -2.83. The van der Waals surface area contributed by atoms with E-state index in [2.05, 4.69) is 47.2 Å². The van der Waals surface area contributed by atoms with Crippen molar-refractivity contribution in [2.45, 2.75) is 58.9 Å². The second-order valence-corrected chi connectivity index (χ2v) is 10.6. The number of aromatic amines is 2. The summed E-state index contributed by atoms with van der Waals surface area (Å²) in [6, 6.07) is 2.15. The maximum atomic E-state index is 12.8. The van der Waals surface area contributed by atoms with E-state index in [-0.39, 0.29) is 30.3 Å². The smallest absolute Gasteiger partial charge is 0.242 e. The van der Waals surface area contributed by atoms with Crippen molar-refractivity contribution < 1.29 is 9.59 Å². The van der Waals surface area contributed by atoms with Crippen LogP contribution in [0.15, 0.2) is 12.1 Å². The van der Waals surface area contributed by atoms with Crippen molar-refractivity contribution in [3.8, 4) is 11.4 Å². The van der Waals surface area contributed by atoms with Crippen molar-refractivity contribution in [1.29, 1.82) is 0 Å². The summed E-state index contributed by atoms with van der Waals surface area (Å²) in [5, 5.41) is 7.92. The predicted molar refractivity (Wildman–Crippen MR) is 124 cm³/mol. The van der Waals surface area contributed by atoms with Crippen LogP contribution in [-0.4, -0.2) is 63.0 Å². The van der Waals surface area contributed by atoms with Gasteiger partial charge >= 0.3 is 0 Å². The molecule has 2 amide bonds. The van der Waals surface area contributed by atoms with Crippen LogP contribution in [0.5, 0.6) is 0 Å². The maximum Gasteiger partial charge on any atom is 0.242 e. The number of amides is 2. The van der Waals surface area contributed by atoms with Gasteiger partial charge in [-0.15, -0.1) is 0 Å². The summed E-state index contributed by atoms with van der Waals surface area (Å²) in [4.78, 5) is 32.1. The van der Waals surface area contributed by atoms with Gasteiger partial charge in [0.05, 0.1) is 18.3 Å². The van der Waals surface area contributed by atoms with E-state index in [9.17, 15) is 9.59 Å². The Morgan fingerprint density at radius 2 is 2.16 bits per heavy atom. The molecule has 32 heavy (non-hydrogen) atoms. The van der Waals surface area contributed by atoms with Crippen LogP contribution < -0.4 is 0 Å². The number of nitrogens with one attached hydrogen (secondary N) is 2. The number of aromatic nitrogens is 3. The van der Waals surface area contributed by atoms with E-state index < -0.39 is 0 Å². The number of H-pyrrole nitrogens is 2.